The third-order valence-corrected chi connectivity index (χ3v) is 4.69. The summed E-state index contributed by atoms with van der Waals surface area (Å²) < 4.78 is 0. The fraction of sp³-hybridized carbons (Fsp3) is 0.588. The van der Waals surface area contributed by atoms with Crippen molar-refractivity contribution in [1.82, 2.24) is 5.32 Å². The van der Waals surface area contributed by atoms with Crippen molar-refractivity contribution in [1.29, 1.82) is 0 Å². The molecule has 0 spiro atoms. The summed E-state index contributed by atoms with van der Waals surface area (Å²) in [4.78, 5) is 0. The Bertz CT molecular complexity index is 499. The van der Waals surface area contributed by atoms with E-state index in [2.05, 4.69) is 30.4 Å². The smallest absolute Gasteiger partial charge is 0.170 e. The van der Waals surface area contributed by atoms with Crippen LogP contribution in [0.2, 0.25) is 0 Å². The fourth-order valence-electron chi connectivity index (χ4n) is 3.21. The predicted octanol–water partition coefficient (Wildman–Crippen LogP) is 3.15. The van der Waals surface area contributed by atoms with E-state index in [1.165, 1.54) is 43.2 Å². The number of rotatable bonds is 5. The van der Waals surface area contributed by atoms with Crippen LogP contribution in [-0.4, -0.2) is 17.1 Å². The molecular weight excluding hydrogens is 262 g/mol. The second-order valence-electron chi connectivity index (χ2n) is 6.15. The Kier molecular flexibility index (Phi) is 5.62. The zero-order valence-corrected chi connectivity index (χ0v) is 13.1. The number of hydrogen-bond acceptors (Lipinski definition) is 3. The topological polar surface area (TPSA) is 70.6 Å². The Labute approximate surface area is 127 Å². The molecule has 1 aromatic rings. The minimum atomic E-state index is 0.163. The average molecular weight is 289 g/mol. The first-order chi connectivity index (χ1) is 10.1. The third kappa shape index (κ3) is 4.21. The van der Waals surface area contributed by atoms with Crippen molar-refractivity contribution < 1.29 is 5.21 Å². The Morgan fingerprint density at radius 1 is 1.43 bits per heavy atom. The van der Waals surface area contributed by atoms with Gasteiger partial charge in [0.15, 0.2) is 5.84 Å². The van der Waals surface area contributed by atoms with Gasteiger partial charge in [0.05, 0.1) is 0 Å². The van der Waals surface area contributed by atoms with Crippen LogP contribution in [0, 0.1) is 12.8 Å². The van der Waals surface area contributed by atoms with E-state index in [0.29, 0.717) is 6.04 Å². The van der Waals surface area contributed by atoms with Crippen molar-refractivity contribution >= 4 is 5.84 Å². The van der Waals surface area contributed by atoms with Crippen LogP contribution < -0.4 is 11.1 Å². The molecule has 0 aromatic heterocycles. The van der Waals surface area contributed by atoms with Crippen LogP contribution in [0.1, 0.15) is 55.7 Å². The molecule has 1 aliphatic rings. The van der Waals surface area contributed by atoms with Gasteiger partial charge in [-0.15, -0.1) is 0 Å². The van der Waals surface area contributed by atoms with Crippen LogP contribution in [0.3, 0.4) is 0 Å². The van der Waals surface area contributed by atoms with Crippen molar-refractivity contribution in [3.05, 3.63) is 34.9 Å². The number of oxime groups is 1. The van der Waals surface area contributed by atoms with E-state index in [1.54, 1.807) is 0 Å². The first kappa shape index (κ1) is 15.8. The quantitative estimate of drug-likeness (QED) is 0.337. The summed E-state index contributed by atoms with van der Waals surface area (Å²) in [6.07, 6.45) is 6.63. The molecule has 1 aliphatic carbocycles. The van der Waals surface area contributed by atoms with Crippen LogP contribution in [0.5, 0.6) is 0 Å². The molecule has 4 heteroatoms. The summed E-state index contributed by atoms with van der Waals surface area (Å²) in [5, 5.41) is 15.5. The zero-order chi connectivity index (χ0) is 15.2. The van der Waals surface area contributed by atoms with Crippen LogP contribution in [0.15, 0.2) is 23.4 Å². The molecule has 0 heterocycles. The van der Waals surface area contributed by atoms with Crippen LogP contribution in [0.4, 0.5) is 0 Å². The summed E-state index contributed by atoms with van der Waals surface area (Å²) in [6.45, 7) is 5.26. The normalized spacial score (nSPS) is 23.2. The van der Waals surface area contributed by atoms with Gasteiger partial charge in [-0.25, -0.2) is 0 Å². The minimum Gasteiger partial charge on any atom is -0.409 e. The van der Waals surface area contributed by atoms with Gasteiger partial charge >= 0.3 is 0 Å². The molecule has 0 bridgehead atoms. The fourth-order valence-corrected chi connectivity index (χ4v) is 3.21. The van der Waals surface area contributed by atoms with Gasteiger partial charge < -0.3 is 16.3 Å². The van der Waals surface area contributed by atoms with E-state index >= 15 is 0 Å². The number of hydrogen-bond donors (Lipinski definition) is 3. The lowest BCUT2D eigenvalue weighted by molar-refractivity contribution is 0.278. The summed E-state index contributed by atoms with van der Waals surface area (Å²) >= 11 is 0. The summed E-state index contributed by atoms with van der Waals surface area (Å²) in [5.41, 5.74) is 8.84. The van der Waals surface area contributed by atoms with Gasteiger partial charge in [0.25, 0.3) is 0 Å². The molecular formula is C17H27N3O. The monoisotopic (exact) mass is 289 g/mol. The Balaban J connectivity index is 1.94. The minimum absolute atomic E-state index is 0.163. The van der Waals surface area contributed by atoms with E-state index in [1.807, 2.05) is 12.1 Å². The SMILES string of the molecule is CCC1CCCC(NCc2ccc(/C(N)=N/O)cc2C)C1. The Morgan fingerprint density at radius 2 is 2.24 bits per heavy atom. The number of nitrogens with zero attached hydrogens (tertiary/aromatic N) is 1. The van der Waals surface area contributed by atoms with Gasteiger partial charge in [-0.1, -0.05) is 43.5 Å². The van der Waals surface area contributed by atoms with Crippen molar-refractivity contribution in [2.75, 3.05) is 0 Å². The standard InChI is InChI=1S/C17H27N3O/c1-3-13-5-4-6-16(10-13)19-11-15-8-7-14(9-12(15)2)17(18)20-21/h7-9,13,16,19,21H,3-6,10-11H2,1-2H3,(H2,18,20). The van der Waals surface area contributed by atoms with E-state index < -0.39 is 0 Å². The second-order valence-corrected chi connectivity index (χ2v) is 6.15. The molecule has 4 N–H and O–H groups in total. The summed E-state index contributed by atoms with van der Waals surface area (Å²) in [5.74, 6) is 1.05. The van der Waals surface area contributed by atoms with E-state index in [-0.39, 0.29) is 5.84 Å². The molecule has 21 heavy (non-hydrogen) atoms. The van der Waals surface area contributed by atoms with E-state index in [4.69, 9.17) is 10.9 Å². The van der Waals surface area contributed by atoms with Crippen LogP contribution >= 0.6 is 0 Å². The number of nitrogens with two attached hydrogens (primary N) is 1. The first-order valence-corrected chi connectivity index (χ1v) is 7.94. The molecule has 1 saturated carbocycles. The van der Waals surface area contributed by atoms with Gasteiger partial charge in [-0.2, -0.15) is 0 Å². The molecule has 2 unspecified atom stereocenters. The molecule has 116 valence electrons. The largest absolute Gasteiger partial charge is 0.409 e. The highest BCUT2D eigenvalue weighted by atomic mass is 16.4. The van der Waals surface area contributed by atoms with Crippen LogP contribution in [0.25, 0.3) is 0 Å². The number of amidine groups is 1. The molecule has 0 radical (unpaired) electrons. The lowest BCUT2D eigenvalue weighted by Gasteiger charge is -2.29. The lowest BCUT2D eigenvalue weighted by Crippen LogP contribution is -2.33. The van der Waals surface area contributed by atoms with E-state index in [9.17, 15) is 0 Å². The highest BCUT2D eigenvalue weighted by Crippen LogP contribution is 2.26. The molecule has 2 rings (SSSR count). The predicted molar refractivity (Wildman–Crippen MR) is 86.6 cm³/mol. The van der Waals surface area contributed by atoms with Crippen molar-refractivity contribution in [3.8, 4) is 0 Å². The van der Waals surface area contributed by atoms with Gasteiger partial charge in [-0.3, -0.25) is 0 Å². The van der Waals surface area contributed by atoms with Gasteiger partial charge in [0.1, 0.15) is 0 Å². The van der Waals surface area contributed by atoms with Crippen LogP contribution in [-0.2, 0) is 6.54 Å². The number of aryl methyl sites for hydroxylation is 1. The molecule has 0 amide bonds. The summed E-state index contributed by atoms with van der Waals surface area (Å²) in [6, 6.07) is 6.60. The van der Waals surface area contributed by atoms with E-state index in [0.717, 1.165) is 18.0 Å². The van der Waals surface area contributed by atoms with Crippen molar-refractivity contribution in [2.45, 2.75) is 58.5 Å². The van der Waals surface area contributed by atoms with Gasteiger partial charge in [-0.05, 0) is 42.9 Å². The molecule has 0 aliphatic heterocycles. The maximum absolute atomic E-state index is 8.72. The lowest BCUT2D eigenvalue weighted by atomic mass is 9.84. The van der Waals surface area contributed by atoms with Gasteiger partial charge in [0, 0.05) is 18.2 Å². The highest BCUT2D eigenvalue weighted by Gasteiger charge is 2.20. The molecule has 1 fully saturated rings. The maximum Gasteiger partial charge on any atom is 0.170 e. The molecule has 2 atom stereocenters. The molecule has 0 saturated heterocycles. The number of nitrogens with one attached hydrogen (secondary N) is 1. The first-order valence-electron chi connectivity index (χ1n) is 7.94. The van der Waals surface area contributed by atoms with Crippen molar-refractivity contribution in [3.63, 3.8) is 0 Å². The average Bonchev–Trinajstić information content (AvgIpc) is 2.53. The number of benzene rings is 1. The maximum atomic E-state index is 8.72. The van der Waals surface area contributed by atoms with Gasteiger partial charge in [0.2, 0.25) is 0 Å². The van der Waals surface area contributed by atoms with Crippen molar-refractivity contribution in [2.24, 2.45) is 16.8 Å². The third-order valence-electron chi connectivity index (χ3n) is 4.69. The molecule has 4 nitrogen and oxygen atoms in total. The second kappa shape index (κ2) is 7.46. The Hall–Kier alpha value is -1.55. The highest BCUT2D eigenvalue weighted by molar-refractivity contribution is 5.97. The molecule has 1 aromatic carbocycles. The summed E-state index contributed by atoms with van der Waals surface area (Å²) in [7, 11) is 0. The Morgan fingerprint density at radius 3 is 2.90 bits per heavy atom. The zero-order valence-electron chi connectivity index (χ0n) is 13.1.